The molecule has 0 spiro atoms. The maximum atomic E-state index is 14.2. The van der Waals surface area contributed by atoms with Crippen molar-refractivity contribution in [2.75, 3.05) is 32.7 Å². The maximum Gasteiger partial charge on any atom is 0.244 e. The molecule has 1 aliphatic heterocycles. The number of halogens is 1. The molecule has 0 unspecified atom stereocenters. The van der Waals surface area contributed by atoms with E-state index in [0.717, 1.165) is 11.1 Å². The molecule has 1 aliphatic rings. The molecule has 4 aromatic rings. The van der Waals surface area contributed by atoms with Crippen molar-refractivity contribution in [2.45, 2.75) is 38.3 Å². The Balaban J connectivity index is 1.36. The van der Waals surface area contributed by atoms with E-state index in [1.807, 2.05) is 45.0 Å². The molecule has 0 N–H and O–H groups in total. The van der Waals surface area contributed by atoms with Crippen LogP contribution in [0.2, 0.25) is 5.02 Å². The summed E-state index contributed by atoms with van der Waals surface area (Å²) < 4.78 is 29.6. The van der Waals surface area contributed by atoms with Crippen LogP contribution in [0.15, 0.2) is 102 Å². The highest BCUT2D eigenvalue weighted by atomic mass is 35.5. The second kappa shape index (κ2) is 13.4. The van der Waals surface area contributed by atoms with Gasteiger partial charge in [-0.25, -0.2) is 8.42 Å². The van der Waals surface area contributed by atoms with Crippen molar-refractivity contribution in [1.82, 2.24) is 14.1 Å². The molecule has 1 amide bonds. The van der Waals surface area contributed by atoms with Gasteiger partial charge in [0.1, 0.15) is 0 Å². The number of nitrogens with zero attached hydrogens (tertiary/aromatic N) is 3. The van der Waals surface area contributed by atoms with Gasteiger partial charge in [-0.1, -0.05) is 102 Å². The Morgan fingerprint density at radius 2 is 1.30 bits per heavy atom. The predicted octanol–water partition coefficient (Wildman–Crippen LogP) is 6.39. The van der Waals surface area contributed by atoms with Crippen LogP contribution in [0.5, 0.6) is 0 Å². The van der Waals surface area contributed by atoms with Crippen molar-refractivity contribution < 1.29 is 13.2 Å². The summed E-state index contributed by atoms with van der Waals surface area (Å²) in [7, 11) is -3.98. The van der Waals surface area contributed by atoms with Crippen LogP contribution >= 0.6 is 11.6 Å². The average Bonchev–Trinajstić information content (AvgIpc) is 2.99. The number of carbonyl (C=O) groups excluding carboxylic acids is 1. The largest absolute Gasteiger partial charge is 0.339 e. The lowest BCUT2D eigenvalue weighted by molar-refractivity contribution is -0.133. The van der Waals surface area contributed by atoms with Crippen LogP contribution in [-0.2, 0) is 21.4 Å². The fourth-order valence-corrected chi connectivity index (χ4v) is 8.00. The minimum Gasteiger partial charge on any atom is -0.339 e. The Morgan fingerprint density at radius 3 is 1.81 bits per heavy atom. The third-order valence-electron chi connectivity index (χ3n) is 8.05. The first-order chi connectivity index (χ1) is 20.6. The molecule has 5 rings (SSSR count). The van der Waals surface area contributed by atoms with Crippen LogP contribution in [0.3, 0.4) is 0 Å². The highest BCUT2D eigenvalue weighted by molar-refractivity contribution is 7.89. The van der Waals surface area contributed by atoms with Crippen molar-refractivity contribution in [1.29, 1.82) is 0 Å². The van der Waals surface area contributed by atoms with Gasteiger partial charge in [0.25, 0.3) is 0 Å². The molecule has 0 saturated carbocycles. The Kier molecular flexibility index (Phi) is 9.67. The summed E-state index contributed by atoms with van der Waals surface area (Å²) in [5, 5.41) is 0.571. The lowest BCUT2D eigenvalue weighted by Gasteiger charge is -2.40. The minimum atomic E-state index is -3.98. The number of benzene rings is 4. The average molecular weight is 616 g/mol. The van der Waals surface area contributed by atoms with E-state index in [1.165, 1.54) is 15.4 Å². The van der Waals surface area contributed by atoms with Gasteiger partial charge in [0.15, 0.2) is 0 Å². The van der Waals surface area contributed by atoms with Gasteiger partial charge in [0.05, 0.1) is 17.5 Å². The Morgan fingerprint density at radius 1 is 0.791 bits per heavy atom. The summed E-state index contributed by atoms with van der Waals surface area (Å²) in [5.41, 5.74) is 5.52. The molecule has 8 heteroatoms. The molecule has 1 fully saturated rings. The predicted molar refractivity (Wildman–Crippen MR) is 173 cm³/mol. The number of hydrogen-bond donors (Lipinski definition) is 0. The smallest absolute Gasteiger partial charge is 0.244 e. The molecule has 0 atom stereocenters. The molecule has 0 radical (unpaired) electrons. The van der Waals surface area contributed by atoms with E-state index in [2.05, 4.69) is 53.4 Å². The van der Waals surface area contributed by atoms with Gasteiger partial charge in [-0.2, -0.15) is 4.31 Å². The van der Waals surface area contributed by atoms with Crippen LogP contribution in [0.4, 0.5) is 0 Å². The maximum absolute atomic E-state index is 14.2. The highest BCUT2D eigenvalue weighted by Gasteiger charge is 2.33. The standard InChI is InChI=1S/C35H38ClN3O3S/c1-26-22-27(2)35(28(3)23-26)43(41,42)39(24-29-14-16-32(36)17-15-29)25-33(40)37-18-20-38(21-19-37)34(30-10-6-4-7-11-30)31-12-8-5-9-13-31/h4-17,22-23,34H,18-21,24-25H2,1-3H3. The van der Waals surface area contributed by atoms with Crippen molar-refractivity contribution in [3.05, 3.63) is 135 Å². The summed E-state index contributed by atoms with van der Waals surface area (Å²) in [6.07, 6.45) is 0. The second-order valence-corrected chi connectivity index (χ2v) is 13.6. The van der Waals surface area contributed by atoms with E-state index >= 15 is 0 Å². The summed E-state index contributed by atoms with van der Waals surface area (Å²) in [6.45, 7) is 7.81. The molecule has 0 aliphatic carbocycles. The number of aryl methyl sites for hydroxylation is 3. The van der Waals surface area contributed by atoms with Gasteiger partial charge in [-0.15, -0.1) is 0 Å². The first kappa shape index (κ1) is 31.0. The van der Waals surface area contributed by atoms with Gasteiger partial charge < -0.3 is 4.90 Å². The zero-order valence-electron chi connectivity index (χ0n) is 24.9. The van der Waals surface area contributed by atoms with E-state index < -0.39 is 10.0 Å². The third kappa shape index (κ3) is 7.19. The van der Waals surface area contributed by atoms with Crippen LogP contribution in [0, 0.1) is 20.8 Å². The normalized spacial score (nSPS) is 14.4. The van der Waals surface area contributed by atoms with Gasteiger partial charge in [-0.05, 0) is 60.7 Å². The molecule has 43 heavy (non-hydrogen) atoms. The topological polar surface area (TPSA) is 60.9 Å². The Labute approximate surface area is 260 Å². The highest BCUT2D eigenvalue weighted by Crippen LogP contribution is 2.30. The van der Waals surface area contributed by atoms with Crippen LogP contribution in [0.1, 0.15) is 39.4 Å². The first-order valence-electron chi connectivity index (χ1n) is 14.6. The molecule has 0 aromatic heterocycles. The zero-order chi connectivity index (χ0) is 30.6. The van der Waals surface area contributed by atoms with E-state index in [0.29, 0.717) is 42.3 Å². The number of amides is 1. The summed E-state index contributed by atoms with van der Waals surface area (Å²) in [5.74, 6) is -0.199. The van der Waals surface area contributed by atoms with Crippen molar-refractivity contribution >= 4 is 27.5 Å². The number of piperazine rings is 1. The molecule has 224 valence electrons. The summed E-state index contributed by atoms with van der Waals surface area (Å²) in [6, 6.07) is 31.7. The van der Waals surface area contributed by atoms with Crippen LogP contribution in [-0.4, -0.2) is 61.2 Å². The van der Waals surface area contributed by atoms with E-state index in [4.69, 9.17) is 11.6 Å². The molecular weight excluding hydrogens is 578 g/mol. The summed E-state index contributed by atoms with van der Waals surface area (Å²) >= 11 is 6.09. The van der Waals surface area contributed by atoms with Crippen molar-refractivity contribution in [3.8, 4) is 0 Å². The number of hydrogen-bond acceptors (Lipinski definition) is 4. The molecule has 1 saturated heterocycles. The van der Waals surface area contributed by atoms with E-state index in [9.17, 15) is 13.2 Å². The lowest BCUT2D eigenvalue weighted by Crippen LogP contribution is -2.52. The van der Waals surface area contributed by atoms with Crippen LogP contribution < -0.4 is 0 Å². The fraction of sp³-hybridized carbons (Fsp3) is 0.286. The first-order valence-corrected chi connectivity index (χ1v) is 16.4. The minimum absolute atomic E-state index is 0.0715. The van der Waals surface area contributed by atoms with Crippen molar-refractivity contribution in [2.24, 2.45) is 0 Å². The monoisotopic (exact) mass is 615 g/mol. The molecule has 6 nitrogen and oxygen atoms in total. The number of sulfonamides is 1. The third-order valence-corrected chi connectivity index (χ3v) is 10.4. The zero-order valence-corrected chi connectivity index (χ0v) is 26.5. The number of carbonyl (C=O) groups is 1. The van der Waals surface area contributed by atoms with Crippen LogP contribution in [0.25, 0.3) is 0 Å². The van der Waals surface area contributed by atoms with E-state index in [1.54, 1.807) is 29.2 Å². The number of rotatable bonds is 9. The molecule has 1 heterocycles. The Hall–Kier alpha value is -3.49. The molecule has 4 aromatic carbocycles. The quantitative estimate of drug-likeness (QED) is 0.219. The second-order valence-electron chi connectivity index (χ2n) is 11.3. The molecule has 0 bridgehead atoms. The molecular formula is C35H38ClN3O3S. The SMILES string of the molecule is Cc1cc(C)c(S(=O)(=O)N(CC(=O)N2CCN(C(c3ccccc3)c3ccccc3)CC2)Cc2ccc(Cl)cc2)c(C)c1. The van der Waals surface area contributed by atoms with E-state index in [-0.39, 0.29) is 29.9 Å². The Bertz CT molecular complexity index is 1590. The lowest BCUT2D eigenvalue weighted by atomic mass is 9.96. The van der Waals surface area contributed by atoms with Gasteiger partial charge in [0.2, 0.25) is 15.9 Å². The van der Waals surface area contributed by atoms with Gasteiger partial charge >= 0.3 is 0 Å². The summed E-state index contributed by atoms with van der Waals surface area (Å²) in [4.78, 5) is 18.2. The van der Waals surface area contributed by atoms with Gasteiger partial charge in [-0.3, -0.25) is 9.69 Å². The fourth-order valence-electron chi connectivity index (χ4n) is 6.09. The van der Waals surface area contributed by atoms with Gasteiger partial charge in [0, 0.05) is 37.7 Å². The van der Waals surface area contributed by atoms with Crippen molar-refractivity contribution in [3.63, 3.8) is 0 Å².